The summed E-state index contributed by atoms with van der Waals surface area (Å²) >= 11 is 1.20. The van der Waals surface area contributed by atoms with Crippen molar-refractivity contribution >= 4 is 35.5 Å². The van der Waals surface area contributed by atoms with Gasteiger partial charge in [-0.15, -0.1) is 11.8 Å². The number of nitrogens with zero attached hydrogens (tertiary/aromatic N) is 2. The van der Waals surface area contributed by atoms with Crippen molar-refractivity contribution < 1.29 is 24.2 Å². The number of carbonyl (C=O) groups excluding carboxylic acids is 2. The molecule has 1 aromatic heterocycles. The Bertz CT molecular complexity index is 1180. The van der Waals surface area contributed by atoms with E-state index in [9.17, 15) is 14.4 Å². The Balaban J connectivity index is 1.37. The number of aliphatic carboxylic acids is 1. The Hall–Kier alpha value is -3.79. The molecule has 176 valence electrons. The second kappa shape index (κ2) is 10.4. The standard InChI is InChI=1S/C24H24N4O5S/c1-28-22(19(12-26-28)23(31)25-10-11-34-14-21(29)30)27-24(32)33-13-20-17-8-4-2-6-15(17)16-7-3-5-9-18(16)20/h2-9,12,20H,10-11,13-14H2,1H3,(H,25,31)(H,27,32)(H,29,30). The Kier molecular flexibility index (Phi) is 7.17. The number of aromatic nitrogens is 2. The van der Waals surface area contributed by atoms with Gasteiger partial charge in [0.1, 0.15) is 18.0 Å². The van der Waals surface area contributed by atoms with E-state index in [4.69, 9.17) is 9.84 Å². The van der Waals surface area contributed by atoms with E-state index in [0.29, 0.717) is 5.75 Å². The highest BCUT2D eigenvalue weighted by Gasteiger charge is 2.29. The minimum absolute atomic E-state index is 0.0304. The van der Waals surface area contributed by atoms with Crippen LogP contribution in [-0.2, 0) is 16.6 Å². The van der Waals surface area contributed by atoms with Gasteiger partial charge >= 0.3 is 12.1 Å². The number of rotatable bonds is 9. The van der Waals surface area contributed by atoms with Crippen molar-refractivity contribution in [3.05, 3.63) is 71.4 Å². The molecule has 0 bridgehead atoms. The Morgan fingerprint density at radius 1 is 1.09 bits per heavy atom. The lowest BCUT2D eigenvalue weighted by Gasteiger charge is -2.15. The Morgan fingerprint density at radius 3 is 2.38 bits per heavy atom. The Labute approximate surface area is 200 Å². The SMILES string of the molecule is Cn1ncc(C(=O)NCCSCC(=O)O)c1NC(=O)OCC1c2ccccc2-c2ccccc21. The molecule has 34 heavy (non-hydrogen) atoms. The first kappa shape index (κ1) is 23.4. The molecule has 2 amide bonds. The zero-order chi connectivity index (χ0) is 24.1. The van der Waals surface area contributed by atoms with Crippen molar-refractivity contribution in [2.45, 2.75) is 5.92 Å². The molecule has 9 nitrogen and oxygen atoms in total. The molecule has 3 N–H and O–H groups in total. The van der Waals surface area contributed by atoms with Gasteiger partial charge in [-0.05, 0) is 22.3 Å². The topological polar surface area (TPSA) is 123 Å². The number of thioether (sulfide) groups is 1. The molecule has 1 aliphatic rings. The average Bonchev–Trinajstić information content (AvgIpc) is 3.35. The van der Waals surface area contributed by atoms with Crippen LogP contribution in [0.2, 0.25) is 0 Å². The lowest BCUT2D eigenvalue weighted by Crippen LogP contribution is -2.27. The van der Waals surface area contributed by atoms with Gasteiger partial charge in [0.05, 0.1) is 11.9 Å². The number of amides is 2. The molecule has 0 unspecified atom stereocenters. The van der Waals surface area contributed by atoms with Crippen LogP contribution in [-0.4, -0.2) is 57.5 Å². The van der Waals surface area contributed by atoms with Gasteiger partial charge in [0.25, 0.3) is 5.91 Å². The smallest absolute Gasteiger partial charge is 0.412 e. The van der Waals surface area contributed by atoms with Crippen molar-refractivity contribution in [2.24, 2.45) is 7.05 Å². The van der Waals surface area contributed by atoms with E-state index in [1.54, 1.807) is 7.05 Å². The van der Waals surface area contributed by atoms with Crippen LogP contribution >= 0.6 is 11.8 Å². The number of hydrogen-bond acceptors (Lipinski definition) is 6. The number of aryl methyl sites for hydroxylation is 1. The number of carboxylic acids is 1. The van der Waals surface area contributed by atoms with Gasteiger partial charge in [0, 0.05) is 25.3 Å². The van der Waals surface area contributed by atoms with Crippen LogP contribution in [0.4, 0.5) is 10.6 Å². The summed E-state index contributed by atoms with van der Waals surface area (Å²) in [7, 11) is 1.61. The zero-order valence-corrected chi connectivity index (χ0v) is 19.3. The molecule has 0 atom stereocenters. The van der Waals surface area contributed by atoms with Crippen molar-refractivity contribution in [3.8, 4) is 11.1 Å². The fourth-order valence-electron chi connectivity index (χ4n) is 3.97. The van der Waals surface area contributed by atoms with Gasteiger partial charge in [-0.1, -0.05) is 48.5 Å². The van der Waals surface area contributed by atoms with Crippen LogP contribution < -0.4 is 10.6 Å². The fraction of sp³-hybridized carbons (Fsp3) is 0.250. The van der Waals surface area contributed by atoms with E-state index in [1.165, 1.54) is 22.6 Å². The summed E-state index contributed by atoms with van der Waals surface area (Å²) < 4.78 is 6.94. The normalized spacial score (nSPS) is 12.0. The lowest BCUT2D eigenvalue weighted by molar-refractivity contribution is -0.133. The summed E-state index contributed by atoms with van der Waals surface area (Å²) in [5.74, 6) is -0.759. The number of fused-ring (bicyclic) bond motifs is 3. The molecule has 0 saturated carbocycles. The molecule has 0 radical (unpaired) electrons. The first-order valence-corrected chi connectivity index (χ1v) is 11.8. The number of carbonyl (C=O) groups is 3. The van der Waals surface area contributed by atoms with Crippen LogP contribution in [0.25, 0.3) is 11.1 Å². The minimum Gasteiger partial charge on any atom is -0.481 e. The van der Waals surface area contributed by atoms with Gasteiger partial charge in [-0.3, -0.25) is 19.6 Å². The molecule has 1 aliphatic carbocycles. The predicted molar refractivity (Wildman–Crippen MR) is 129 cm³/mol. The van der Waals surface area contributed by atoms with Crippen LogP contribution in [0.15, 0.2) is 54.7 Å². The van der Waals surface area contributed by atoms with E-state index < -0.39 is 18.0 Å². The van der Waals surface area contributed by atoms with E-state index >= 15 is 0 Å². The van der Waals surface area contributed by atoms with E-state index in [1.807, 2.05) is 36.4 Å². The number of anilines is 1. The first-order valence-electron chi connectivity index (χ1n) is 10.7. The molecule has 0 saturated heterocycles. The largest absolute Gasteiger partial charge is 0.481 e. The summed E-state index contributed by atoms with van der Waals surface area (Å²) in [5.41, 5.74) is 4.69. The average molecular weight is 481 g/mol. The van der Waals surface area contributed by atoms with Crippen LogP contribution in [0.1, 0.15) is 27.4 Å². The molecule has 0 fully saturated rings. The monoisotopic (exact) mass is 480 g/mol. The summed E-state index contributed by atoms with van der Waals surface area (Å²) in [6.45, 7) is 0.441. The van der Waals surface area contributed by atoms with Crippen LogP contribution in [0.3, 0.4) is 0 Å². The number of hydrogen-bond donors (Lipinski definition) is 3. The highest BCUT2D eigenvalue weighted by Crippen LogP contribution is 2.44. The second-order valence-electron chi connectivity index (χ2n) is 7.68. The molecular weight excluding hydrogens is 456 g/mol. The van der Waals surface area contributed by atoms with Crippen LogP contribution in [0, 0.1) is 0 Å². The predicted octanol–water partition coefficient (Wildman–Crippen LogP) is 3.33. The summed E-state index contributed by atoms with van der Waals surface area (Å²) in [4.78, 5) is 35.7. The van der Waals surface area contributed by atoms with Gasteiger partial charge in [-0.2, -0.15) is 5.10 Å². The third kappa shape index (κ3) is 5.07. The molecule has 0 aliphatic heterocycles. The van der Waals surface area contributed by atoms with Gasteiger partial charge in [-0.25, -0.2) is 4.79 Å². The maximum Gasteiger partial charge on any atom is 0.412 e. The molecule has 1 heterocycles. The van der Waals surface area contributed by atoms with Crippen molar-refractivity contribution in [3.63, 3.8) is 0 Å². The number of ether oxygens (including phenoxy) is 1. The van der Waals surface area contributed by atoms with E-state index in [0.717, 1.165) is 22.3 Å². The minimum atomic E-state index is -0.904. The third-order valence-electron chi connectivity index (χ3n) is 5.51. The summed E-state index contributed by atoms with van der Waals surface area (Å²) in [6, 6.07) is 16.1. The lowest BCUT2D eigenvalue weighted by atomic mass is 9.98. The maximum absolute atomic E-state index is 12.6. The summed E-state index contributed by atoms with van der Waals surface area (Å²) in [5, 5.41) is 18.0. The zero-order valence-electron chi connectivity index (χ0n) is 18.5. The molecule has 0 spiro atoms. The first-order chi connectivity index (χ1) is 16.5. The quantitative estimate of drug-likeness (QED) is 0.402. The highest BCUT2D eigenvalue weighted by atomic mass is 32.2. The fourth-order valence-corrected chi connectivity index (χ4v) is 4.54. The van der Waals surface area contributed by atoms with Crippen LogP contribution in [0.5, 0.6) is 0 Å². The van der Waals surface area contributed by atoms with E-state index in [-0.39, 0.29) is 36.2 Å². The molecular formula is C24H24N4O5S. The third-order valence-corrected chi connectivity index (χ3v) is 6.45. The van der Waals surface area contributed by atoms with Gasteiger partial charge in [0.2, 0.25) is 0 Å². The summed E-state index contributed by atoms with van der Waals surface area (Å²) in [6.07, 6.45) is 0.676. The second-order valence-corrected chi connectivity index (χ2v) is 8.79. The molecule has 2 aromatic carbocycles. The van der Waals surface area contributed by atoms with Crippen molar-refractivity contribution in [1.29, 1.82) is 0 Å². The number of carboxylic acid groups (broad SMARTS) is 1. The molecule has 4 rings (SSSR count). The molecule has 10 heteroatoms. The number of nitrogens with one attached hydrogen (secondary N) is 2. The Morgan fingerprint density at radius 2 is 1.74 bits per heavy atom. The van der Waals surface area contributed by atoms with Gasteiger partial charge < -0.3 is 15.2 Å². The molecule has 3 aromatic rings. The highest BCUT2D eigenvalue weighted by molar-refractivity contribution is 7.99. The van der Waals surface area contributed by atoms with Gasteiger partial charge in [0.15, 0.2) is 0 Å². The maximum atomic E-state index is 12.6. The van der Waals surface area contributed by atoms with E-state index in [2.05, 4.69) is 27.9 Å². The van der Waals surface area contributed by atoms with Crippen molar-refractivity contribution in [2.75, 3.05) is 30.0 Å². The number of benzene rings is 2. The van der Waals surface area contributed by atoms with Crippen molar-refractivity contribution in [1.82, 2.24) is 15.1 Å².